The Morgan fingerprint density at radius 1 is 0.955 bits per heavy atom. The van der Waals surface area contributed by atoms with Crippen LogP contribution < -0.4 is 0 Å². The number of aliphatic hydroxyl groups excluding tert-OH is 1. The summed E-state index contributed by atoms with van der Waals surface area (Å²) in [5.41, 5.74) is 0. The lowest BCUT2D eigenvalue weighted by molar-refractivity contribution is -0.284. The Kier molecular flexibility index (Phi) is 10.4. The van der Waals surface area contributed by atoms with E-state index in [1.54, 1.807) is 0 Å². The normalized spacial score (nSPS) is 15.8. The van der Waals surface area contributed by atoms with Crippen LogP contribution in [0.25, 0.3) is 0 Å². The summed E-state index contributed by atoms with van der Waals surface area (Å²) in [6.07, 6.45) is -3.05. The fourth-order valence-electron chi connectivity index (χ4n) is 2.00. The van der Waals surface area contributed by atoms with Gasteiger partial charge in [0.15, 0.2) is 0 Å². The van der Waals surface area contributed by atoms with Crippen molar-refractivity contribution in [1.29, 1.82) is 0 Å². The summed E-state index contributed by atoms with van der Waals surface area (Å²) in [4.78, 5) is 0. The van der Waals surface area contributed by atoms with Gasteiger partial charge in [0.2, 0.25) is 0 Å². The first-order valence-electron chi connectivity index (χ1n) is 7.57. The van der Waals surface area contributed by atoms with Crippen LogP contribution in [-0.2, 0) is 10.8 Å². The average Bonchev–Trinajstić information content (AvgIpc) is 2.37. The third-order valence-corrected chi connectivity index (χ3v) is 4.80. The molecule has 0 radical (unpaired) electrons. The lowest BCUT2D eigenvalue weighted by atomic mass is 10.1. The minimum atomic E-state index is -5.53. The van der Waals surface area contributed by atoms with E-state index >= 15 is 0 Å². The quantitative estimate of drug-likeness (QED) is 0.417. The predicted molar refractivity (Wildman–Crippen MR) is 77.5 cm³/mol. The van der Waals surface area contributed by atoms with E-state index in [0.717, 1.165) is 25.7 Å². The summed E-state index contributed by atoms with van der Waals surface area (Å²) in [6, 6.07) is 0. The second-order valence-corrected chi connectivity index (χ2v) is 7.14. The molecule has 0 amide bonds. The number of aliphatic hydroxyl groups is 1. The maximum absolute atomic E-state index is 12.6. The van der Waals surface area contributed by atoms with Gasteiger partial charge in [0.05, 0.1) is 6.10 Å². The van der Waals surface area contributed by atoms with Crippen LogP contribution in [-0.4, -0.2) is 39.0 Å². The van der Waals surface area contributed by atoms with Crippen molar-refractivity contribution in [3.05, 3.63) is 0 Å². The van der Waals surface area contributed by atoms with Gasteiger partial charge >= 0.3 is 12.1 Å². The summed E-state index contributed by atoms with van der Waals surface area (Å²) < 4.78 is 72.5. The molecular formula is C14H25F5O2S. The fraction of sp³-hybridized carbons (Fsp3) is 1.00. The van der Waals surface area contributed by atoms with Gasteiger partial charge in [-0.3, -0.25) is 4.21 Å². The summed E-state index contributed by atoms with van der Waals surface area (Å²) in [5, 5.41) is 9.49. The minimum Gasteiger partial charge on any atom is -0.393 e. The van der Waals surface area contributed by atoms with Crippen molar-refractivity contribution >= 4 is 10.8 Å². The molecule has 0 spiro atoms. The van der Waals surface area contributed by atoms with Crippen molar-refractivity contribution < 1.29 is 31.3 Å². The molecule has 0 aliphatic heterocycles. The van der Waals surface area contributed by atoms with Crippen molar-refractivity contribution in [3.63, 3.8) is 0 Å². The van der Waals surface area contributed by atoms with Gasteiger partial charge in [-0.2, -0.15) is 22.0 Å². The van der Waals surface area contributed by atoms with Gasteiger partial charge in [-0.15, -0.1) is 0 Å². The zero-order chi connectivity index (χ0) is 17.2. The van der Waals surface area contributed by atoms with E-state index in [1.807, 2.05) is 6.92 Å². The molecular weight excluding hydrogens is 327 g/mol. The summed E-state index contributed by atoms with van der Waals surface area (Å²) in [6.45, 7) is 1.98. The van der Waals surface area contributed by atoms with Gasteiger partial charge in [0.25, 0.3) is 0 Å². The minimum absolute atomic E-state index is 0.135. The van der Waals surface area contributed by atoms with E-state index in [0.29, 0.717) is 18.6 Å². The van der Waals surface area contributed by atoms with Crippen molar-refractivity contribution in [3.8, 4) is 0 Å². The molecule has 0 bridgehead atoms. The second kappa shape index (κ2) is 10.5. The Hall–Kier alpha value is -0.240. The third kappa shape index (κ3) is 9.71. The molecule has 2 atom stereocenters. The summed E-state index contributed by atoms with van der Waals surface area (Å²) >= 11 is 0. The Balaban J connectivity index is 3.67. The molecule has 0 saturated carbocycles. The van der Waals surface area contributed by atoms with Gasteiger partial charge < -0.3 is 5.11 Å². The van der Waals surface area contributed by atoms with E-state index in [4.69, 9.17) is 0 Å². The molecule has 8 heteroatoms. The lowest BCUT2D eigenvalue weighted by Crippen LogP contribution is -2.36. The van der Waals surface area contributed by atoms with E-state index in [-0.39, 0.29) is 11.9 Å². The van der Waals surface area contributed by atoms with Crippen LogP contribution in [0.2, 0.25) is 0 Å². The van der Waals surface area contributed by atoms with Gasteiger partial charge in [0, 0.05) is 28.7 Å². The molecule has 134 valence electrons. The fourth-order valence-corrected chi connectivity index (χ4v) is 3.19. The van der Waals surface area contributed by atoms with Crippen LogP contribution in [0.15, 0.2) is 0 Å². The molecule has 0 heterocycles. The van der Waals surface area contributed by atoms with Crippen LogP contribution in [0.5, 0.6) is 0 Å². The molecule has 0 aromatic heterocycles. The highest BCUT2D eigenvalue weighted by molar-refractivity contribution is 7.84. The van der Waals surface area contributed by atoms with E-state index in [1.165, 1.54) is 0 Å². The Morgan fingerprint density at radius 3 is 2.09 bits per heavy atom. The maximum atomic E-state index is 12.6. The molecule has 0 aliphatic carbocycles. The standard InChI is InChI=1S/C14H25F5O2S/c1-2-7-12(20)8-4-3-5-10-22(21)11-6-9-13(15,16)14(17,18)19/h12,20H,2-11H2,1H3. The highest BCUT2D eigenvalue weighted by Crippen LogP contribution is 2.38. The molecule has 0 aromatic carbocycles. The first-order valence-corrected chi connectivity index (χ1v) is 9.06. The van der Waals surface area contributed by atoms with Crippen LogP contribution in [0.4, 0.5) is 22.0 Å². The molecule has 0 fully saturated rings. The third-order valence-electron chi connectivity index (χ3n) is 3.31. The number of hydrogen-bond donors (Lipinski definition) is 1. The average molecular weight is 352 g/mol. The number of alkyl halides is 5. The molecule has 0 rings (SSSR count). The Bertz CT molecular complexity index is 321. The van der Waals surface area contributed by atoms with Crippen molar-refractivity contribution in [2.75, 3.05) is 11.5 Å². The highest BCUT2D eigenvalue weighted by Gasteiger charge is 2.56. The lowest BCUT2D eigenvalue weighted by Gasteiger charge is -2.19. The smallest absolute Gasteiger partial charge is 0.393 e. The highest BCUT2D eigenvalue weighted by atomic mass is 32.2. The van der Waals surface area contributed by atoms with Crippen LogP contribution in [0.1, 0.15) is 58.3 Å². The largest absolute Gasteiger partial charge is 0.453 e. The van der Waals surface area contributed by atoms with E-state index in [9.17, 15) is 31.3 Å². The molecule has 2 unspecified atom stereocenters. The summed E-state index contributed by atoms with van der Waals surface area (Å²) in [7, 11) is -1.36. The number of rotatable bonds is 12. The number of unbranched alkanes of at least 4 members (excludes halogenated alkanes) is 2. The molecule has 0 aliphatic rings. The van der Waals surface area contributed by atoms with Gasteiger partial charge in [-0.05, 0) is 25.7 Å². The van der Waals surface area contributed by atoms with Crippen molar-refractivity contribution in [2.24, 2.45) is 0 Å². The molecule has 0 saturated heterocycles. The molecule has 2 nitrogen and oxygen atoms in total. The topological polar surface area (TPSA) is 37.3 Å². The molecule has 22 heavy (non-hydrogen) atoms. The zero-order valence-corrected chi connectivity index (χ0v) is 13.6. The maximum Gasteiger partial charge on any atom is 0.453 e. The molecule has 1 N–H and O–H groups in total. The van der Waals surface area contributed by atoms with Gasteiger partial charge in [-0.1, -0.05) is 26.2 Å². The number of hydrogen-bond acceptors (Lipinski definition) is 2. The predicted octanol–water partition coefficient (Wildman–Crippen LogP) is 4.43. The summed E-state index contributed by atoms with van der Waals surface area (Å²) in [5.74, 6) is -4.53. The second-order valence-electron chi connectivity index (χ2n) is 5.45. The van der Waals surface area contributed by atoms with Gasteiger partial charge in [-0.25, -0.2) is 0 Å². The van der Waals surface area contributed by atoms with Crippen molar-refractivity contribution in [2.45, 2.75) is 76.5 Å². The Labute approximate surface area is 130 Å². The number of halogens is 5. The van der Waals surface area contributed by atoms with E-state index < -0.39 is 35.7 Å². The van der Waals surface area contributed by atoms with E-state index in [2.05, 4.69) is 0 Å². The first kappa shape index (κ1) is 21.8. The monoisotopic (exact) mass is 352 g/mol. The Morgan fingerprint density at radius 2 is 1.55 bits per heavy atom. The zero-order valence-electron chi connectivity index (χ0n) is 12.8. The van der Waals surface area contributed by atoms with Crippen LogP contribution in [0.3, 0.4) is 0 Å². The SMILES string of the molecule is CCCC(O)CCCCCS(=O)CCCC(F)(F)C(F)(F)F. The molecule has 0 aromatic rings. The first-order chi connectivity index (χ1) is 10.1. The van der Waals surface area contributed by atoms with Crippen LogP contribution >= 0.6 is 0 Å². The van der Waals surface area contributed by atoms with Crippen molar-refractivity contribution in [1.82, 2.24) is 0 Å². The van der Waals surface area contributed by atoms with Crippen LogP contribution in [0, 0.1) is 0 Å². The van der Waals surface area contributed by atoms with Gasteiger partial charge in [0.1, 0.15) is 0 Å².